The van der Waals surface area contributed by atoms with Crippen molar-refractivity contribution < 1.29 is 14.7 Å². The van der Waals surface area contributed by atoms with Crippen molar-refractivity contribution >= 4 is 12.0 Å². The second-order valence-corrected chi connectivity index (χ2v) is 6.21. The minimum Gasteiger partial charge on any atom is -0.476 e. The van der Waals surface area contributed by atoms with Crippen LogP contribution in [0.2, 0.25) is 0 Å². The summed E-state index contributed by atoms with van der Waals surface area (Å²) >= 11 is 0. The van der Waals surface area contributed by atoms with E-state index in [-0.39, 0.29) is 17.1 Å². The van der Waals surface area contributed by atoms with Gasteiger partial charge >= 0.3 is 12.0 Å². The standard InChI is InChI=1S/C14H24N4O3/c1-10(14(2,3)4)7-16-13(21)15-5-6-18-8-11(12(19)20)17-9-18/h8-10H,5-7H2,1-4H3,(H,19,20)(H2,15,16,21). The molecule has 1 aromatic heterocycles. The second kappa shape index (κ2) is 7.10. The number of carbonyl (C=O) groups excluding carboxylic acids is 1. The number of nitrogens with zero attached hydrogens (tertiary/aromatic N) is 2. The molecule has 0 aromatic carbocycles. The molecule has 0 saturated heterocycles. The van der Waals surface area contributed by atoms with Gasteiger partial charge in [-0.2, -0.15) is 0 Å². The van der Waals surface area contributed by atoms with Gasteiger partial charge < -0.3 is 20.3 Å². The van der Waals surface area contributed by atoms with E-state index in [1.54, 1.807) is 4.57 Å². The van der Waals surface area contributed by atoms with E-state index in [9.17, 15) is 9.59 Å². The molecule has 7 heteroatoms. The molecule has 7 nitrogen and oxygen atoms in total. The normalized spacial score (nSPS) is 12.8. The molecular weight excluding hydrogens is 272 g/mol. The fraction of sp³-hybridized carbons (Fsp3) is 0.643. The monoisotopic (exact) mass is 296 g/mol. The molecule has 1 rings (SSSR count). The molecule has 1 heterocycles. The Labute approximate surface area is 124 Å². The maximum atomic E-state index is 11.6. The van der Waals surface area contributed by atoms with Gasteiger partial charge in [-0.1, -0.05) is 27.7 Å². The van der Waals surface area contributed by atoms with E-state index in [0.717, 1.165) is 0 Å². The van der Waals surface area contributed by atoms with Gasteiger partial charge in [-0.3, -0.25) is 0 Å². The van der Waals surface area contributed by atoms with Crippen molar-refractivity contribution in [3.8, 4) is 0 Å². The summed E-state index contributed by atoms with van der Waals surface area (Å²) in [6.07, 6.45) is 2.87. The molecule has 0 fully saturated rings. The molecule has 2 amide bonds. The smallest absolute Gasteiger partial charge is 0.356 e. The lowest BCUT2D eigenvalue weighted by Crippen LogP contribution is -2.41. The van der Waals surface area contributed by atoms with Gasteiger partial charge in [0.25, 0.3) is 0 Å². The molecule has 21 heavy (non-hydrogen) atoms. The van der Waals surface area contributed by atoms with Gasteiger partial charge in [-0.05, 0) is 11.3 Å². The van der Waals surface area contributed by atoms with Crippen molar-refractivity contribution in [2.75, 3.05) is 13.1 Å². The quantitative estimate of drug-likeness (QED) is 0.742. The average Bonchev–Trinajstić information content (AvgIpc) is 2.83. The predicted molar refractivity (Wildman–Crippen MR) is 79.2 cm³/mol. The highest BCUT2D eigenvalue weighted by Gasteiger charge is 2.20. The molecule has 0 aliphatic rings. The van der Waals surface area contributed by atoms with Crippen LogP contribution in [0.1, 0.15) is 38.2 Å². The zero-order valence-corrected chi connectivity index (χ0v) is 13.0. The largest absolute Gasteiger partial charge is 0.476 e. The predicted octanol–water partition coefficient (Wildman–Crippen LogP) is 1.56. The Kier molecular flexibility index (Phi) is 5.75. The molecule has 0 radical (unpaired) electrons. The first kappa shape index (κ1) is 17.0. The Balaban J connectivity index is 2.25. The average molecular weight is 296 g/mol. The Morgan fingerprint density at radius 3 is 2.57 bits per heavy atom. The molecular formula is C14H24N4O3. The van der Waals surface area contributed by atoms with E-state index >= 15 is 0 Å². The van der Waals surface area contributed by atoms with Crippen LogP contribution in [0.5, 0.6) is 0 Å². The van der Waals surface area contributed by atoms with E-state index in [4.69, 9.17) is 5.11 Å². The van der Waals surface area contributed by atoms with Gasteiger partial charge in [-0.15, -0.1) is 0 Å². The van der Waals surface area contributed by atoms with Crippen molar-refractivity contribution in [3.63, 3.8) is 0 Å². The molecule has 0 saturated carbocycles. The number of amides is 2. The molecule has 0 aliphatic heterocycles. The van der Waals surface area contributed by atoms with Crippen LogP contribution in [0.25, 0.3) is 0 Å². The zero-order chi connectivity index (χ0) is 16.0. The number of urea groups is 1. The van der Waals surface area contributed by atoms with Crippen LogP contribution in [0.15, 0.2) is 12.5 Å². The van der Waals surface area contributed by atoms with Gasteiger partial charge in [0.2, 0.25) is 0 Å². The third-order valence-corrected chi connectivity index (χ3v) is 3.56. The van der Waals surface area contributed by atoms with Gasteiger partial charge in [0.1, 0.15) is 0 Å². The lowest BCUT2D eigenvalue weighted by atomic mass is 9.82. The van der Waals surface area contributed by atoms with Crippen molar-refractivity contribution in [2.45, 2.75) is 34.2 Å². The number of carboxylic acid groups (broad SMARTS) is 1. The topological polar surface area (TPSA) is 96.3 Å². The summed E-state index contributed by atoms with van der Waals surface area (Å²) in [7, 11) is 0. The number of rotatable bonds is 6. The molecule has 0 aliphatic carbocycles. The Morgan fingerprint density at radius 2 is 2.05 bits per heavy atom. The van der Waals surface area contributed by atoms with Gasteiger partial charge in [-0.25, -0.2) is 14.6 Å². The molecule has 0 spiro atoms. The molecule has 1 unspecified atom stereocenters. The number of aromatic nitrogens is 2. The number of carbonyl (C=O) groups is 2. The molecule has 3 N–H and O–H groups in total. The number of hydrogen-bond acceptors (Lipinski definition) is 3. The third kappa shape index (κ3) is 5.85. The van der Waals surface area contributed by atoms with E-state index in [1.807, 2.05) is 0 Å². The third-order valence-electron chi connectivity index (χ3n) is 3.56. The van der Waals surface area contributed by atoms with Crippen LogP contribution in [0, 0.1) is 11.3 Å². The van der Waals surface area contributed by atoms with Crippen LogP contribution in [-0.4, -0.2) is 39.7 Å². The summed E-state index contributed by atoms with van der Waals surface area (Å²) in [6.45, 7) is 10.00. The zero-order valence-electron chi connectivity index (χ0n) is 13.0. The fourth-order valence-electron chi connectivity index (χ4n) is 1.51. The Bertz CT molecular complexity index is 491. The van der Waals surface area contributed by atoms with Crippen molar-refractivity contribution in [1.82, 2.24) is 20.2 Å². The maximum Gasteiger partial charge on any atom is 0.356 e. The van der Waals surface area contributed by atoms with Crippen LogP contribution < -0.4 is 10.6 Å². The van der Waals surface area contributed by atoms with Crippen LogP contribution in [0.3, 0.4) is 0 Å². The molecule has 1 aromatic rings. The van der Waals surface area contributed by atoms with Crippen LogP contribution in [-0.2, 0) is 6.54 Å². The first-order valence-electron chi connectivity index (χ1n) is 6.97. The Morgan fingerprint density at radius 1 is 1.38 bits per heavy atom. The summed E-state index contributed by atoms with van der Waals surface area (Å²) in [5.74, 6) is -0.689. The number of imidazole rings is 1. The highest BCUT2D eigenvalue weighted by Crippen LogP contribution is 2.24. The van der Waals surface area contributed by atoms with Gasteiger partial charge in [0.15, 0.2) is 5.69 Å². The van der Waals surface area contributed by atoms with Crippen molar-refractivity contribution in [2.24, 2.45) is 11.3 Å². The van der Waals surface area contributed by atoms with Crippen LogP contribution in [0.4, 0.5) is 4.79 Å². The van der Waals surface area contributed by atoms with Gasteiger partial charge in [0.05, 0.1) is 6.33 Å². The van der Waals surface area contributed by atoms with Crippen LogP contribution >= 0.6 is 0 Å². The molecule has 1 atom stereocenters. The second-order valence-electron chi connectivity index (χ2n) is 6.21. The number of aromatic carboxylic acids is 1. The maximum absolute atomic E-state index is 11.6. The summed E-state index contributed by atoms with van der Waals surface area (Å²) in [6, 6.07) is -0.218. The number of nitrogens with one attached hydrogen (secondary N) is 2. The minimum absolute atomic E-state index is 0.00143. The lowest BCUT2D eigenvalue weighted by molar-refractivity contribution is 0.0691. The van der Waals surface area contributed by atoms with Gasteiger partial charge in [0, 0.05) is 25.8 Å². The molecule has 118 valence electrons. The van der Waals surface area contributed by atoms with E-state index in [2.05, 4.69) is 43.3 Å². The SMILES string of the molecule is CC(CNC(=O)NCCn1cnc(C(=O)O)c1)C(C)(C)C. The Hall–Kier alpha value is -2.05. The highest BCUT2D eigenvalue weighted by atomic mass is 16.4. The summed E-state index contributed by atoms with van der Waals surface area (Å²) in [5.41, 5.74) is 0.149. The van der Waals surface area contributed by atoms with E-state index in [0.29, 0.717) is 25.6 Å². The minimum atomic E-state index is -1.06. The van der Waals surface area contributed by atoms with Crippen molar-refractivity contribution in [3.05, 3.63) is 18.2 Å². The van der Waals surface area contributed by atoms with E-state index in [1.165, 1.54) is 12.5 Å². The fourth-order valence-corrected chi connectivity index (χ4v) is 1.51. The summed E-state index contributed by atoms with van der Waals surface area (Å²) in [5, 5.41) is 14.3. The number of carboxylic acids is 1. The molecule has 0 bridgehead atoms. The van der Waals surface area contributed by atoms with Crippen molar-refractivity contribution in [1.29, 1.82) is 0 Å². The highest BCUT2D eigenvalue weighted by molar-refractivity contribution is 5.84. The summed E-state index contributed by atoms with van der Waals surface area (Å²) in [4.78, 5) is 26.0. The summed E-state index contributed by atoms with van der Waals surface area (Å²) < 4.78 is 1.63. The first-order valence-corrected chi connectivity index (χ1v) is 6.97. The first-order chi connectivity index (χ1) is 9.70. The van der Waals surface area contributed by atoms with E-state index < -0.39 is 5.97 Å². The lowest BCUT2D eigenvalue weighted by Gasteiger charge is -2.27. The number of hydrogen-bond donors (Lipinski definition) is 3.